The average molecular weight is 318 g/mol. The van der Waals surface area contributed by atoms with Crippen molar-refractivity contribution in [1.29, 1.82) is 0 Å². The Labute approximate surface area is 142 Å². The average Bonchev–Trinajstić information content (AvgIpc) is 2.60. The van der Waals surface area contributed by atoms with Gasteiger partial charge < -0.3 is 4.90 Å². The Morgan fingerprint density at radius 1 is 0.917 bits per heavy atom. The summed E-state index contributed by atoms with van der Waals surface area (Å²) in [5.74, 6) is 3.21. The van der Waals surface area contributed by atoms with Crippen LogP contribution >= 0.6 is 0 Å². The van der Waals surface area contributed by atoms with Crippen molar-refractivity contribution in [2.45, 2.75) is 20.3 Å². The summed E-state index contributed by atoms with van der Waals surface area (Å²) in [6, 6.07) is 12.2. The number of pyridine rings is 1. The van der Waals surface area contributed by atoms with Gasteiger partial charge in [-0.2, -0.15) is 0 Å². The second kappa shape index (κ2) is 6.19. The molecule has 1 aliphatic rings. The molecule has 122 valence electrons. The zero-order valence-electron chi connectivity index (χ0n) is 14.2. The number of nitrogens with zero attached hydrogens (tertiary/aromatic N) is 4. The normalized spacial score (nSPS) is 21.2. The van der Waals surface area contributed by atoms with Gasteiger partial charge in [-0.05, 0) is 42.5 Å². The van der Waals surface area contributed by atoms with Crippen molar-refractivity contribution in [3.63, 3.8) is 0 Å². The molecule has 24 heavy (non-hydrogen) atoms. The monoisotopic (exact) mass is 318 g/mol. The third-order valence-corrected chi connectivity index (χ3v) is 4.69. The third-order valence-electron chi connectivity index (χ3n) is 4.69. The predicted octanol–water partition coefficient (Wildman–Crippen LogP) is 4.17. The lowest BCUT2D eigenvalue weighted by Crippen LogP contribution is -2.39. The van der Waals surface area contributed by atoms with Crippen LogP contribution in [0.5, 0.6) is 0 Å². The Balaban J connectivity index is 1.87. The minimum Gasteiger partial charge on any atom is -0.355 e. The van der Waals surface area contributed by atoms with Crippen LogP contribution in [0.15, 0.2) is 48.8 Å². The quantitative estimate of drug-likeness (QED) is 0.711. The van der Waals surface area contributed by atoms with Gasteiger partial charge in [0.1, 0.15) is 5.82 Å². The lowest BCUT2D eigenvalue weighted by molar-refractivity contribution is 0.356. The molecule has 1 aliphatic heterocycles. The highest BCUT2D eigenvalue weighted by Crippen LogP contribution is 2.31. The van der Waals surface area contributed by atoms with E-state index >= 15 is 0 Å². The van der Waals surface area contributed by atoms with Gasteiger partial charge in [-0.1, -0.05) is 26.0 Å². The molecule has 0 unspecified atom stereocenters. The number of anilines is 1. The van der Waals surface area contributed by atoms with Crippen molar-refractivity contribution in [2.24, 2.45) is 11.8 Å². The molecule has 0 spiro atoms. The number of rotatable bonds is 2. The molecular weight excluding hydrogens is 296 g/mol. The summed E-state index contributed by atoms with van der Waals surface area (Å²) in [5, 5.41) is 1.14. The van der Waals surface area contributed by atoms with Gasteiger partial charge in [0.25, 0.3) is 0 Å². The summed E-state index contributed by atoms with van der Waals surface area (Å²) in [7, 11) is 0. The fourth-order valence-electron chi connectivity index (χ4n) is 3.77. The zero-order valence-corrected chi connectivity index (χ0v) is 14.2. The van der Waals surface area contributed by atoms with Crippen molar-refractivity contribution in [2.75, 3.05) is 18.0 Å². The van der Waals surface area contributed by atoms with Crippen molar-refractivity contribution >= 4 is 16.7 Å². The highest BCUT2D eigenvalue weighted by molar-refractivity contribution is 5.91. The van der Waals surface area contributed by atoms with E-state index in [9.17, 15) is 0 Å². The number of benzene rings is 1. The molecule has 1 aromatic carbocycles. The van der Waals surface area contributed by atoms with E-state index in [1.807, 2.05) is 18.2 Å². The van der Waals surface area contributed by atoms with Crippen molar-refractivity contribution in [1.82, 2.24) is 15.0 Å². The van der Waals surface area contributed by atoms with Crippen LogP contribution < -0.4 is 4.90 Å². The van der Waals surface area contributed by atoms with E-state index in [1.54, 1.807) is 12.4 Å². The van der Waals surface area contributed by atoms with Gasteiger partial charge in [-0.3, -0.25) is 4.98 Å². The van der Waals surface area contributed by atoms with E-state index in [0.717, 1.165) is 41.2 Å². The Bertz CT molecular complexity index is 837. The first-order valence-electron chi connectivity index (χ1n) is 8.63. The number of para-hydroxylation sites is 1. The van der Waals surface area contributed by atoms with Crippen LogP contribution in [0.25, 0.3) is 22.3 Å². The molecule has 2 aromatic heterocycles. The van der Waals surface area contributed by atoms with Crippen LogP contribution in [0.4, 0.5) is 5.82 Å². The lowest BCUT2D eigenvalue weighted by Gasteiger charge is -2.36. The Morgan fingerprint density at radius 2 is 1.62 bits per heavy atom. The van der Waals surface area contributed by atoms with Gasteiger partial charge >= 0.3 is 0 Å². The number of piperidine rings is 1. The van der Waals surface area contributed by atoms with Gasteiger partial charge in [0.15, 0.2) is 5.82 Å². The molecule has 0 amide bonds. The minimum atomic E-state index is 0.687. The molecule has 3 heterocycles. The molecule has 0 aliphatic carbocycles. The maximum absolute atomic E-state index is 4.95. The summed E-state index contributed by atoms with van der Waals surface area (Å²) >= 11 is 0. The maximum Gasteiger partial charge on any atom is 0.162 e. The SMILES string of the molecule is C[C@H]1C[C@H](C)CN(c2nc(-c3ccncc3)nc3ccccc23)C1. The molecule has 0 N–H and O–H groups in total. The number of aromatic nitrogens is 3. The van der Waals surface area contributed by atoms with Gasteiger partial charge in [0.05, 0.1) is 5.52 Å². The van der Waals surface area contributed by atoms with Crippen LogP contribution in [0.1, 0.15) is 20.3 Å². The molecule has 0 bridgehead atoms. The second-order valence-electron chi connectivity index (χ2n) is 6.97. The standard InChI is InChI=1S/C20H22N4/c1-14-11-15(2)13-24(12-14)20-17-5-3-4-6-18(17)22-19(23-20)16-7-9-21-10-8-16/h3-10,14-15H,11-13H2,1-2H3/t14-,15-/m0/s1. The zero-order chi connectivity index (χ0) is 16.5. The van der Waals surface area contributed by atoms with Gasteiger partial charge in [-0.25, -0.2) is 9.97 Å². The summed E-state index contributed by atoms with van der Waals surface area (Å²) < 4.78 is 0. The summed E-state index contributed by atoms with van der Waals surface area (Å²) in [4.78, 5) is 16.3. The van der Waals surface area contributed by atoms with Gasteiger partial charge in [0.2, 0.25) is 0 Å². The molecule has 4 nitrogen and oxygen atoms in total. The van der Waals surface area contributed by atoms with Crippen LogP contribution in [0, 0.1) is 11.8 Å². The number of hydrogen-bond donors (Lipinski definition) is 0. The van der Waals surface area contributed by atoms with Crippen molar-refractivity contribution in [3.05, 3.63) is 48.8 Å². The van der Waals surface area contributed by atoms with Crippen molar-refractivity contribution < 1.29 is 0 Å². The van der Waals surface area contributed by atoms with E-state index < -0.39 is 0 Å². The molecule has 1 saturated heterocycles. The first-order valence-corrected chi connectivity index (χ1v) is 8.63. The number of hydrogen-bond acceptors (Lipinski definition) is 4. The molecule has 3 aromatic rings. The van der Waals surface area contributed by atoms with Crippen molar-refractivity contribution in [3.8, 4) is 11.4 Å². The third kappa shape index (κ3) is 2.84. The highest BCUT2D eigenvalue weighted by atomic mass is 15.2. The number of fused-ring (bicyclic) bond motifs is 1. The topological polar surface area (TPSA) is 41.9 Å². The van der Waals surface area contributed by atoms with Crippen LogP contribution in [0.2, 0.25) is 0 Å². The van der Waals surface area contributed by atoms with Crippen LogP contribution in [-0.2, 0) is 0 Å². The molecule has 0 radical (unpaired) electrons. The highest BCUT2D eigenvalue weighted by Gasteiger charge is 2.24. The van der Waals surface area contributed by atoms with Gasteiger partial charge in [-0.15, -0.1) is 0 Å². The maximum atomic E-state index is 4.95. The Morgan fingerprint density at radius 3 is 2.38 bits per heavy atom. The molecule has 1 fully saturated rings. The smallest absolute Gasteiger partial charge is 0.162 e. The van der Waals surface area contributed by atoms with E-state index in [-0.39, 0.29) is 0 Å². The second-order valence-corrected chi connectivity index (χ2v) is 6.97. The lowest BCUT2D eigenvalue weighted by atomic mass is 9.92. The fraction of sp³-hybridized carbons (Fsp3) is 0.350. The summed E-state index contributed by atoms with van der Waals surface area (Å²) in [6.45, 7) is 6.77. The van der Waals surface area contributed by atoms with Crippen LogP contribution in [-0.4, -0.2) is 28.0 Å². The largest absolute Gasteiger partial charge is 0.355 e. The van der Waals surface area contributed by atoms with E-state index in [0.29, 0.717) is 11.8 Å². The minimum absolute atomic E-state index is 0.687. The first-order chi connectivity index (χ1) is 11.7. The summed E-state index contributed by atoms with van der Waals surface area (Å²) in [6.07, 6.45) is 4.87. The molecule has 0 saturated carbocycles. The van der Waals surface area contributed by atoms with Gasteiger partial charge in [0, 0.05) is 36.4 Å². The molecular formula is C20H22N4. The Hall–Kier alpha value is -2.49. The Kier molecular flexibility index (Phi) is 3.89. The first kappa shape index (κ1) is 15.1. The van der Waals surface area contributed by atoms with E-state index in [4.69, 9.17) is 9.97 Å². The van der Waals surface area contributed by atoms with Crippen LogP contribution in [0.3, 0.4) is 0 Å². The molecule has 2 atom stereocenters. The summed E-state index contributed by atoms with van der Waals surface area (Å²) in [5.41, 5.74) is 2.01. The molecule has 4 rings (SSSR count). The van der Waals surface area contributed by atoms with E-state index in [1.165, 1.54) is 6.42 Å². The fourth-order valence-corrected chi connectivity index (χ4v) is 3.77. The molecule has 4 heteroatoms. The predicted molar refractivity (Wildman–Crippen MR) is 97.9 cm³/mol. The van der Waals surface area contributed by atoms with E-state index in [2.05, 4.69) is 41.9 Å².